The van der Waals surface area contributed by atoms with E-state index >= 15 is 0 Å². The predicted octanol–water partition coefficient (Wildman–Crippen LogP) is 3.07. The molecule has 0 aromatic heterocycles. The molecule has 0 spiro atoms. The highest BCUT2D eigenvalue weighted by Crippen LogP contribution is 2.20. The van der Waals surface area contributed by atoms with Gasteiger partial charge in [0, 0.05) is 39.9 Å². The molecule has 4 nitrogen and oxygen atoms in total. The minimum absolute atomic E-state index is 0.451. The fourth-order valence-electron chi connectivity index (χ4n) is 4.24. The van der Waals surface area contributed by atoms with Crippen molar-refractivity contribution < 1.29 is 9.47 Å². The summed E-state index contributed by atoms with van der Waals surface area (Å²) in [5.41, 5.74) is 1.44. The Bertz CT molecular complexity index is 482. The maximum atomic E-state index is 5.92. The van der Waals surface area contributed by atoms with Gasteiger partial charge in [-0.25, -0.2) is 0 Å². The molecule has 2 saturated heterocycles. The van der Waals surface area contributed by atoms with Crippen molar-refractivity contribution in [3.8, 4) is 0 Å². The maximum absolute atomic E-state index is 5.92. The van der Waals surface area contributed by atoms with Crippen molar-refractivity contribution in [3.05, 3.63) is 35.9 Å². The van der Waals surface area contributed by atoms with Crippen molar-refractivity contribution in [3.63, 3.8) is 0 Å². The third-order valence-corrected chi connectivity index (χ3v) is 5.88. The standard InChI is InChI=1S/C22H36N2O2/c1-25-17-15-23-12-10-21(11-13-23)18-24(19-22-8-5-16-26-22)14-9-20-6-3-2-4-7-20/h2-4,6-7,21-22H,5,8-19H2,1H3. The summed E-state index contributed by atoms with van der Waals surface area (Å²) in [6.45, 7) is 8.81. The summed E-state index contributed by atoms with van der Waals surface area (Å²) in [5.74, 6) is 0.825. The monoisotopic (exact) mass is 360 g/mol. The lowest BCUT2D eigenvalue weighted by molar-refractivity contribution is 0.0585. The zero-order valence-electron chi connectivity index (χ0n) is 16.4. The number of rotatable bonds is 10. The Morgan fingerprint density at radius 3 is 2.62 bits per heavy atom. The molecule has 2 aliphatic rings. The highest BCUT2D eigenvalue weighted by molar-refractivity contribution is 5.14. The molecule has 2 heterocycles. The van der Waals surface area contributed by atoms with Crippen LogP contribution in [0.2, 0.25) is 0 Å². The fourth-order valence-corrected chi connectivity index (χ4v) is 4.24. The number of nitrogens with zero attached hydrogens (tertiary/aromatic N) is 2. The number of hydrogen-bond acceptors (Lipinski definition) is 4. The molecule has 3 rings (SSSR count). The van der Waals surface area contributed by atoms with E-state index in [1.54, 1.807) is 7.11 Å². The quantitative estimate of drug-likeness (QED) is 0.640. The van der Waals surface area contributed by atoms with Crippen LogP contribution in [0.25, 0.3) is 0 Å². The normalized spacial score (nSPS) is 22.3. The highest BCUT2D eigenvalue weighted by Gasteiger charge is 2.24. The van der Waals surface area contributed by atoms with Gasteiger partial charge in [0.25, 0.3) is 0 Å². The van der Waals surface area contributed by atoms with E-state index in [0.717, 1.165) is 45.2 Å². The van der Waals surface area contributed by atoms with E-state index in [9.17, 15) is 0 Å². The number of ether oxygens (including phenoxy) is 2. The fraction of sp³-hybridized carbons (Fsp3) is 0.727. The summed E-state index contributed by atoms with van der Waals surface area (Å²) in [7, 11) is 1.79. The summed E-state index contributed by atoms with van der Waals surface area (Å²) < 4.78 is 11.1. The number of benzene rings is 1. The summed E-state index contributed by atoms with van der Waals surface area (Å²) in [6.07, 6.45) is 6.69. The van der Waals surface area contributed by atoms with Gasteiger partial charge in [-0.15, -0.1) is 0 Å². The molecule has 26 heavy (non-hydrogen) atoms. The van der Waals surface area contributed by atoms with E-state index in [0.29, 0.717) is 6.10 Å². The third kappa shape index (κ3) is 6.66. The van der Waals surface area contributed by atoms with Gasteiger partial charge in [0.1, 0.15) is 0 Å². The lowest BCUT2D eigenvalue weighted by Gasteiger charge is -2.35. The topological polar surface area (TPSA) is 24.9 Å². The molecular weight excluding hydrogens is 324 g/mol. The van der Waals surface area contributed by atoms with Crippen molar-refractivity contribution in [1.82, 2.24) is 9.80 Å². The van der Waals surface area contributed by atoms with Crippen LogP contribution in [0.4, 0.5) is 0 Å². The molecule has 1 atom stereocenters. The van der Waals surface area contributed by atoms with Gasteiger partial charge in [0.15, 0.2) is 0 Å². The van der Waals surface area contributed by atoms with E-state index in [2.05, 4.69) is 40.1 Å². The van der Waals surface area contributed by atoms with Crippen molar-refractivity contribution in [1.29, 1.82) is 0 Å². The molecule has 1 aromatic rings. The van der Waals surface area contributed by atoms with Crippen molar-refractivity contribution >= 4 is 0 Å². The van der Waals surface area contributed by atoms with Gasteiger partial charge in [-0.1, -0.05) is 30.3 Å². The zero-order valence-corrected chi connectivity index (χ0v) is 16.4. The third-order valence-electron chi connectivity index (χ3n) is 5.88. The van der Waals surface area contributed by atoms with Crippen LogP contribution < -0.4 is 0 Å². The van der Waals surface area contributed by atoms with Crippen LogP contribution >= 0.6 is 0 Å². The molecule has 2 fully saturated rings. The average molecular weight is 361 g/mol. The minimum Gasteiger partial charge on any atom is -0.383 e. The molecule has 2 aliphatic heterocycles. The molecule has 0 aliphatic carbocycles. The first-order chi connectivity index (χ1) is 12.8. The van der Waals surface area contributed by atoms with Crippen molar-refractivity contribution in [2.24, 2.45) is 5.92 Å². The van der Waals surface area contributed by atoms with E-state index in [4.69, 9.17) is 9.47 Å². The molecule has 1 unspecified atom stereocenters. The van der Waals surface area contributed by atoms with Gasteiger partial charge in [-0.2, -0.15) is 0 Å². The SMILES string of the molecule is COCCN1CCC(CN(CCc2ccccc2)CC2CCCO2)CC1. The number of likely N-dealkylation sites (tertiary alicyclic amines) is 1. The minimum atomic E-state index is 0.451. The van der Waals surface area contributed by atoms with Crippen LogP contribution in [-0.4, -0.2) is 75.5 Å². The first-order valence-electron chi connectivity index (χ1n) is 10.4. The summed E-state index contributed by atoms with van der Waals surface area (Å²) >= 11 is 0. The Morgan fingerprint density at radius 1 is 1.12 bits per heavy atom. The summed E-state index contributed by atoms with van der Waals surface area (Å²) in [5, 5.41) is 0. The molecule has 0 radical (unpaired) electrons. The average Bonchev–Trinajstić information content (AvgIpc) is 3.19. The molecule has 0 amide bonds. The van der Waals surface area contributed by atoms with E-state index in [1.807, 2.05) is 0 Å². The molecule has 0 N–H and O–H groups in total. The van der Waals surface area contributed by atoms with Gasteiger partial charge in [-0.3, -0.25) is 0 Å². The Morgan fingerprint density at radius 2 is 1.92 bits per heavy atom. The van der Waals surface area contributed by atoms with Crippen LogP contribution in [-0.2, 0) is 15.9 Å². The molecule has 0 saturated carbocycles. The predicted molar refractivity (Wildman–Crippen MR) is 107 cm³/mol. The first-order valence-corrected chi connectivity index (χ1v) is 10.4. The molecular formula is C22H36N2O2. The van der Waals surface area contributed by atoms with Crippen LogP contribution in [0.3, 0.4) is 0 Å². The molecule has 0 bridgehead atoms. The Labute approximate surface area is 159 Å². The lowest BCUT2D eigenvalue weighted by Crippen LogP contribution is -2.42. The summed E-state index contributed by atoms with van der Waals surface area (Å²) in [4.78, 5) is 5.23. The van der Waals surface area contributed by atoms with Gasteiger partial charge < -0.3 is 19.3 Å². The Balaban J connectivity index is 1.47. The van der Waals surface area contributed by atoms with Crippen LogP contribution in [0.1, 0.15) is 31.2 Å². The number of hydrogen-bond donors (Lipinski definition) is 0. The Kier molecular flexibility index (Phi) is 8.40. The van der Waals surface area contributed by atoms with Crippen molar-refractivity contribution in [2.75, 3.05) is 59.6 Å². The second-order valence-electron chi connectivity index (χ2n) is 7.91. The molecule has 146 valence electrons. The lowest BCUT2D eigenvalue weighted by atomic mass is 9.95. The van der Waals surface area contributed by atoms with Gasteiger partial charge >= 0.3 is 0 Å². The number of methoxy groups -OCH3 is 1. The molecule has 1 aromatic carbocycles. The largest absolute Gasteiger partial charge is 0.383 e. The van der Waals surface area contributed by atoms with E-state index in [-0.39, 0.29) is 0 Å². The highest BCUT2D eigenvalue weighted by atomic mass is 16.5. The van der Waals surface area contributed by atoms with Crippen molar-refractivity contribution in [2.45, 2.75) is 38.2 Å². The first kappa shape index (κ1) is 19.8. The van der Waals surface area contributed by atoms with Gasteiger partial charge in [-0.05, 0) is 56.7 Å². The van der Waals surface area contributed by atoms with Crippen LogP contribution in [0.5, 0.6) is 0 Å². The van der Waals surface area contributed by atoms with Crippen LogP contribution in [0, 0.1) is 5.92 Å². The summed E-state index contributed by atoms with van der Waals surface area (Å²) in [6, 6.07) is 10.9. The maximum Gasteiger partial charge on any atom is 0.0702 e. The second kappa shape index (κ2) is 11.0. The van der Waals surface area contributed by atoms with E-state index < -0.39 is 0 Å². The second-order valence-corrected chi connectivity index (χ2v) is 7.91. The van der Waals surface area contributed by atoms with Crippen LogP contribution in [0.15, 0.2) is 30.3 Å². The number of piperidine rings is 1. The van der Waals surface area contributed by atoms with E-state index in [1.165, 1.54) is 50.9 Å². The van der Waals surface area contributed by atoms with Gasteiger partial charge in [0.2, 0.25) is 0 Å². The Hall–Kier alpha value is -0.940. The smallest absolute Gasteiger partial charge is 0.0702 e. The zero-order chi connectivity index (χ0) is 18.0. The molecule has 4 heteroatoms. The van der Waals surface area contributed by atoms with Gasteiger partial charge in [0.05, 0.1) is 12.7 Å².